The van der Waals surface area contributed by atoms with Gasteiger partial charge < -0.3 is 0 Å². The maximum atomic E-state index is 5.38. The highest BCUT2D eigenvalue weighted by Gasteiger charge is 2.26. The van der Waals surface area contributed by atoms with Gasteiger partial charge in [-0.25, -0.2) is 15.0 Å². The zero-order valence-electron chi connectivity index (χ0n) is 36.6. The van der Waals surface area contributed by atoms with E-state index in [-0.39, 0.29) is 0 Å². The molecule has 0 N–H and O–H groups in total. The molecule has 15 heteroatoms. The molecule has 3 nitrogen and oxygen atoms in total. The van der Waals surface area contributed by atoms with Gasteiger partial charge in [-0.05, 0) is 50.2 Å². The molecule has 0 fully saturated rings. The topological polar surface area (TPSA) is 38.7 Å². The summed E-state index contributed by atoms with van der Waals surface area (Å²) >= 11 is 1.96. The van der Waals surface area contributed by atoms with E-state index in [2.05, 4.69) is 196 Å². The molecule has 0 atom stereocenters. The molecule has 0 saturated heterocycles. The second-order valence-corrected chi connectivity index (χ2v) is 17.7. The van der Waals surface area contributed by atoms with Crippen LogP contribution in [0.4, 0.5) is 0 Å². The van der Waals surface area contributed by atoms with Gasteiger partial charge in [-0.1, -0.05) is 141 Å². The van der Waals surface area contributed by atoms with Crippen molar-refractivity contribution in [3.05, 3.63) is 109 Å². The van der Waals surface area contributed by atoms with Crippen LogP contribution in [0.25, 0.3) is 87.7 Å². The lowest BCUT2D eigenvalue weighted by atomic mass is 9.58. The van der Waals surface area contributed by atoms with Crippen LogP contribution in [-0.2, 0) is 0 Å². The van der Waals surface area contributed by atoms with E-state index in [1.165, 1.54) is 97.0 Å². The summed E-state index contributed by atoms with van der Waals surface area (Å²) in [5, 5.41) is 2.67. The highest BCUT2D eigenvalue weighted by Crippen LogP contribution is 2.37. The predicted octanol–water partition coefficient (Wildman–Crippen LogP) is -6.92. The standard InChI is InChI=1S/C45H40B11N3S/c46-30-27-28-34(50)36(52)33(49)26(25-31(47)37(53)39(55)38(54)32(25)48)41(28)60-42(27)40(56)35(51)29(30)45-58-43(22-16-14-21(15-17-22)19-8-3-1-4-9-19)57-44(59-45)24-13-7-12-23(18-24)20-10-5-2-6-11-20/h1-18H,46-56H2. The summed E-state index contributed by atoms with van der Waals surface area (Å²) in [6.07, 6.45) is 0. The van der Waals surface area contributed by atoms with Crippen molar-refractivity contribution in [2.45, 2.75) is 0 Å². The van der Waals surface area contributed by atoms with Gasteiger partial charge >= 0.3 is 0 Å². The molecule has 0 aliphatic carbocycles. The van der Waals surface area contributed by atoms with Crippen LogP contribution in [0, 0.1) is 0 Å². The van der Waals surface area contributed by atoms with Crippen LogP contribution < -0.4 is 60.1 Å². The molecule has 9 rings (SSSR count). The molecule has 9 aromatic rings. The minimum atomic E-state index is 0.660. The quantitative estimate of drug-likeness (QED) is 0.158. The molecular weight excluding hydrogens is 734 g/mol. The number of rotatable bonds is 6. The van der Waals surface area contributed by atoms with E-state index in [9.17, 15) is 0 Å². The van der Waals surface area contributed by atoms with Gasteiger partial charge in [-0.3, -0.25) is 0 Å². The van der Waals surface area contributed by atoms with E-state index < -0.39 is 0 Å². The van der Waals surface area contributed by atoms with E-state index in [0.717, 1.165) is 33.4 Å². The molecule has 0 saturated carbocycles. The van der Waals surface area contributed by atoms with Gasteiger partial charge in [0.2, 0.25) is 0 Å². The van der Waals surface area contributed by atoms with Crippen molar-refractivity contribution in [2.24, 2.45) is 0 Å². The predicted molar refractivity (Wildman–Crippen MR) is 295 cm³/mol. The molecule has 0 aliphatic heterocycles. The summed E-state index contributed by atoms with van der Waals surface area (Å²) < 4.78 is 2.71. The van der Waals surface area contributed by atoms with Crippen molar-refractivity contribution in [2.75, 3.05) is 0 Å². The van der Waals surface area contributed by atoms with E-state index >= 15 is 0 Å². The maximum Gasteiger partial charge on any atom is 0.164 e. The van der Waals surface area contributed by atoms with E-state index in [0.29, 0.717) is 17.5 Å². The smallest absolute Gasteiger partial charge is 0.164 e. The van der Waals surface area contributed by atoms with Gasteiger partial charge in [-0.15, -0.1) is 33.2 Å². The van der Waals surface area contributed by atoms with Gasteiger partial charge in [-0.2, -0.15) is 0 Å². The molecular formula is C45H40B11N3S. The van der Waals surface area contributed by atoms with Crippen LogP contribution in [0.15, 0.2) is 109 Å². The number of thiophene rings is 1. The Labute approximate surface area is 367 Å². The van der Waals surface area contributed by atoms with Crippen LogP contribution in [0.1, 0.15) is 0 Å². The molecule has 0 radical (unpaired) electrons. The Morgan fingerprint density at radius 2 is 0.700 bits per heavy atom. The first-order valence-corrected chi connectivity index (χ1v) is 21.8. The average Bonchev–Trinajstić information content (AvgIpc) is 3.69. The molecule has 274 valence electrons. The third kappa shape index (κ3) is 6.48. The first kappa shape index (κ1) is 39.9. The Morgan fingerprint density at radius 3 is 1.32 bits per heavy atom. The fraction of sp³-hybridized carbons (Fsp3) is 0. The van der Waals surface area contributed by atoms with E-state index in [1.807, 2.05) is 11.3 Å². The second-order valence-electron chi connectivity index (χ2n) is 16.7. The third-order valence-corrected chi connectivity index (χ3v) is 15.0. The lowest BCUT2D eigenvalue weighted by Crippen LogP contribution is -2.56. The molecule has 2 aromatic heterocycles. The molecule has 0 aliphatic rings. The lowest BCUT2D eigenvalue weighted by molar-refractivity contribution is 1.08. The number of benzene rings is 7. The van der Waals surface area contributed by atoms with Crippen molar-refractivity contribution in [1.29, 1.82) is 0 Å². The number of fused-ring (bicyclic) bond motifs is 3. The van der Waals surface area contributed by atoms with Crippen molar-refractivity contribution in [3.8, 4) is 67.5 Å². The summed E-state index contributed by atoms with van der Waals surface area (Å²) in [5.41, 5.74) is 25.1. The van der Waals surface area contributed by atoms with Gasteiger partial charge in [0.25, 0.3) is 0 Å². The van der Waals surface area contributed by atoms with E-state index in [4.69, 9.17) is 15.0 Å². The Hall–Kier alpha value is -5.52. The van der Waals surface area contributed by atoms with Gasteiger partial charge in [0.05, 0.1) is 0 Å². The summed E-state index contributed by atoms with van der Waals surface area (Å²) in [5.74, 6) is 2.02. The van der Waals surface area contributed by atoms with Crippen LogP contribution >= 0.6 is 11.3 Å². The molecule has 2 heterocycles. The molecule has 0 amide bonds. The summed E-state index contributed by atoms with van der Waals surface area (Å²) in [6, 6.07) is 38.2. The molecule has 0 spiro atoms. The summed E-state index contributed by atoms with van der Waals surface area (Å²) in [7, 11) is 25.3. The van der Waals surface area contributed by atoms with Gasteiger partial charge in [0.15, 0.2) is 17.5 Å². The normalized spacial score (nSPS) is 11.4. The Balaban J connectivity index is 1.31. The van der Waals surface area contributed by atoms with Crippen molar-refractivity contribution in [3.63, 3.8) is 0 Å². The van der Waals surface area contributed by atoms with Gasteiger partial charge in [0, 0.05) is 26.1 Å². The van der Waals surface area contributed by atoms with Crippen LogP contribution in [-0.4, -0.2) is 101 Å². The summed E-state index contributed by atoms with van der Waals surface area (Å²) in [4.78, 5) is 16.0. The third-order valence-electron chi connectivity index (χ3n) is 13.6. The van der Waals surface area contributed by atoms with Crippen LogP contribution in [0.5, 0.6) is 0 Å². The summed E-state index contributed by atoms with van der Waals surface area (Å²) in [6.45, 7) is 0. The monoisotopic (exact) mass is 775 g/mol. The second kappa shape index (κ2) is 15.5. The van der Waals surface area contributed by atoms with Crippen LogP contribution in [0.2, 0.25) is 0 Å². The lowest BCUT2D eigenvalue weighted by Gasteiger charge is -2.24. The van der Waals surface area contributed by atoms with Gasteiger partial charge in [0.1, 0.15) is 86.3 Å². The first-order chi connectivity index (χ1) is 28.8. The minimum Gasteiger partial charge on any atom is -0.208 e. The Morgan fingerprint density at radius 1 is 0.283 bits per heavy atom. The SMILES string of the molecule is Bc1c(B)c(B)c(-c2c(B)c(B)c(B)c3c2sc2c(B)c(B)c(-c4nc(-c5ccc(-c6ccccc6)cc5)nc(-c5cccc(-c6ccccc6)c5)n4)c(B)c23)c(B)c1B. The van der Waals surface area contributed by atoms with Crippen LogP contribution in [0.3, 0.4) is 0 Å². The first-order valence-electron chi connectivity index (χ1n) is 21.0. The average molecular weight is 774 g/mol. The minimum absolute atomic E-state index is 0.660. The Kier molecular flexibility index (Phi) is 10.3. The fourth-order valence-corrected chi connectivity index (χ4v) is 10.9. The largest absolute Gasteiger partial charge is 0.208 e. The zero-order chi connectivity index (χ0) is 42.1. The van der Waals surface area contributed by atoms with Crippen molar-refractivity contribution >= 4 is 178 Å². The molecule has 7 aromatic carbocycles. The molecule has 0 unspecified atom stereocenters. The van der Waals surface area contributed by atoms with Crippen molar-refractivity contribution < 1.29 is 0 Å². The molecule has 0 bridgehead atoms. The number of nitrogens with zero attached hydrogens (tertiary/aromatic N) is 3. The zero-order valence-corrected chi connectivity index (χ0v) is 37.5. The number of hydrogen-bond acceptors (Lipinski definition) is 4. The van der Waals surface area contributed by atoms with Crippen molar-refractivity contribution in [1.82, 2.24) is 15.0 Å². The molecule has 60 heavy (non-hydrogen) atoms. The Bertz CT molecular complexity index is 3180. The highest BCUT2D eigenvalue weighted by atomic mass is 32.1. The fourth-order valence-electron chi connectivity index (χ4n) is 9.35. The number of aromatic nitrogens is 3. The highest BCUT2D eigenvalue weighted by molar-refractivity contribution is 7.28. The maximum absolute atomic E-state index is 5.38. The van der Waals surface area contributed by atoms with E-state index in [1.54, 1.807) is 0 Å². The number of hydrogen-bond donors (Lipinski definition) is 0.